The number of fused-ring (bicyclic) bond motifs is 1. The normalized spacial score (nSPS) is 10.9. The predicted molar refractivity (Wildman–Crippen MR) is 118 cm³/mol. The van der Waals surface area contributed by atoms with Crippen LogP contribution in [0.4, 0.5) is 5.69 Å². The van der Waals surface area contributed by atoms with Gasteiger partial charge in [-0.2, -0.15) is 0 Å². The average Bonchev–Trinajstić information content (AvgIpc) is 3.06. The number of benzene rings is 3. The average molecular weight is 388 g/mol. The van der Waals surface area contributed by atoms with Crippen molar-refractivity contribution in [3.05, 3.63) is 90.5 Å². The molecule has 0 saturated heterocycles. The molecule has 140 valence electrons. The number of anilines is 1. The van der Waals surface area contributed by atoms with Crippen LogP contribution in [0.5, 0.6) is 11.5 Å². The van der Waals surface area contributed by atoms with Gasteiger partial charge in [-0.1, -0.05) is 18.2 Å². The van der Waals surface area contributed by atoms with Crippen LogP contribution in [0.15, 0.2) is 79.4 Å². The third-order valence-electron chi connectivity index (χ3n) is 4.71. The van der Waals surface area contributed by atoms with E-state index in [1.54, 1.807) is 35.6 Å². The first-order valence-electron chi connectivity index (χ1n) is 9.11. The van der Waals surface area contributed by atoms with Crippen molar-refractivity contribution < 1.29 is 10.2 Å². The molecule has 0 atom stereocenters. The van der Waals surface area contributed by atoms with Crippen LogP contribution in [0.1, 0.15) is 11.1 Å². The van der Waals surface area contributed by atoms with Gasteiger partial charge < -0.3 is 15.5 Å². The monoisotopic (exact) mass is 387 g/mol. The summed E-state index contributed by atoms with van der Waals surface area (Å²) in [5.41, 5.74) is 4.53. The van der Waals surface area contributed by atoms with E-state index in [9.17, 15) is 10.2 Å². The summed E-state index contributed by atoms with van der Waals surface area (Å²) in [5, 5.41) is 24.1. The summed E-state index contributed by atoms with van der Waals surface area (Å²) >= 11 is 1.65. The summed E-state index contributed by atoms with van der Waals surface area (Å²) in [4.78, 5) is 1.14. The summed E-state index contributed by atoms with van der Waals surface area (Å²) in [6.07, 6.45) is 2.77. The first-order chi connectivity index (χ1) is 13.6. The van der Waals surface area contributed by atoms with Crippen LogP contribution in [0.2, 0.25) is 0 Å². The first kappa shape index (κ1) is 18.1. The van der Waals surface area contributed by atoms with Gasteiger partial charge in [0.05, 0.1) is 0 Å². The van der Waals surface area contributed by atoms with Crippen LogP contribution in [-0.4, -0.2) is 10.2 Å². The van der Waals surface area contributed by atoms with Crippen LogP contribution in [0, 0.1) is 0 Å². The Hall–Kier alpha value is -3.24. The Morgan fingerprint density at radius 2 is 1.61 bits per heavy atom. The minimum absolute atomic E-state index is 0.252. The third kappa shape index (κ3) is 3.73. The second-order valence-corrected chi connectivity index (χ2v) is 7.73. The van der Waals surface area contributed by atoms with Gasteiger partial charge >= 0.3 is 0 Å². The van der Waals surface area contributed by atoms with Gasteiger partial charge in [-0.3, -0.25) is 0 Å². The summed E-state index contributed by atoms with van der Waals surface area (Å²) in [7, 11) is 0. The van der Waals surface area contributed by atoms with E-state index in [-0.39, 0.29) is 11.5 Å². The van der Waals surface area contributed by atoms with Crippen LogP contribution in [0.25, 0.3) is 20.5 Å². The molecule has 0 aliphatic carbocycles. The Balaban J connectivity index is 1.68. The Morgan fingerprint density at radius 1 is 0.893 bits per heavy atom. The lowest BCUT2D eigenvalue weighted by atomic mass is 10.1. The Bertz CT molecular complexity index is 1110. The van der Waals surface area contributed by atoms with Crippen molar-refractivity contribution >= 4 is 27.1 Å². The number of nitrogens with one attached hydrogen (secondary N) is 1. The van der Waals surface area contributed by atoms with Crippen molar-refractivity contribution in [3.8, 4) is 21.9 Å². The number of thiophene rings is 1. The molecular weight excluding hydrogens is 366 g/mol. The minimum atomic E-state index is 0.252. The fourth-order valence-electron chi connectivity index (χ4n) is 3.28. The molecule has 28 heavy (non-hydrogen) atoms. The van der Waals surface area contributed by atoms with Crippen molar-refractivity contribution in [1.82, 2.24) is 0 Å². The van der Waals surface area contributed by atoms with E-state index in [2.05, 4.69) is 36.2 Å². The molecule has 0 saturated carbocycles. The summed E-state index contributed by atoms with van der Waals surface area (Å²) in [6, 6.07) is 21.1. The summed E-state index contributed by atoms with van der Waals surface area (Å²) in [6.45, 7) is 4.45. The summed E-state index contributed by atoms with van der Waals surface area (Å²) < 4.78 is 1.04. The molecular formula is C24H21NO2S. The topological polar surface area (TPSA) is 52.5 Å². The smallest absolute Gasteiger partial charge is 0.117 e. The van der Waals surface area contributed by atoms with Gasteiger partial charge in [-0.05, 0) is 83.1 Å². The number of phenolic OH excluding ortho intramolecular Hbond substituents is 2. The third-order valence-corrected chi connectivity index (χ3v) is 5.95. The zero-order valence-corrected chi connectivity index (χ0v) is 16.2. The zero-order valence-electron chi connectivity index (χ0n) is 15.4. The molecule has 0 fully saturated rings. The molecule has 0 spiro atoms. The van der Waals surface area contributed by atoms with Gasteiger partial charge in [0, 0.05) is 21.8 Å². The molecule has 0 amide bonds. The van der Waals surface area contributed by atoms with Crippen LogP contribution in [0.3, 0.4) is 0 Å². The molecule has 0 radical (unpaired) electrons. The van der Waals surface area contributed by atoms with Gasteiger partial charge in [0.25, 0.3) is 0 Å². The van der Waals surface area contributed by atoms with Crippen molar-refractivity contribution in [2.24, 2.45) is 0 Å². The maximum absolute atomic E-state index is 9.87. The maximum atomic E-state index is 9.87. The second-order valence-electron chi connectivity index (χ2n) is 6.68. The minimum Gasteiger partial charge on any atom is -0.508 e. The summed E-state index contributed by atoms with van der Waals surface area (Å²) in [5.74, 6) is 0.519. The SMILES string of the molecule is C=CCc1ccc(NCc2c(-c3ccc(O)cc3)sc3cc(O)ccc23)cc1. The fraction of sp³-hybridized carbons (Fsp3) is 0.0833. The van der Waals surface area contributed by atoms with Gasteiger partial charge in [0.15, 0.2) is 0 Å². The molecule has 0 aliphatic heterocycles. The van der Waals surface area contributed by atoms with E-state index in [0.29, 0.717) is 6.54 Å². The number of hydrogen-bond acceptors (Lipinski definition) is 4. The number of hydrogen-bond donors (Lipinski definition) is 3. The molecule has 0 aliphatic rings. The number of rotatable bonds is 6. The molecule has 4 rings (SSSR count). The van der Waals surface area contributed by atoms with E-state index in [4.69, 9.17) is 0 Å². The number of aromatic hydroxyl groups is 2. The van der Waals surface area contributed by atoms with Crippen LogP contribution in [-0.2, 0) is 13.0 Å². The Labute approximate surface area is 168 Å². The molecule has 1 aromatic heterocycles. The lowest BCUT2D eigenvalue weighted by Crippen LogP contribution is -2.00. The molecule has 1 heterocycles. The van der Waals surface area contributed by atoms with Crippen molar-refractivity contribution in [1.29, 1.82) is 0 Å². The molecule has 4 aromatic rings. The highest BCUT2D eigenvalue weighted by atomic mass is 32.1. The van der Waals surface area contributed by atoms with Crippen molar-refractivity contribution in [2.75, 3.05) is 5.32 Å². The number of allylic oxidation sites excluding steroid dienone is 1. The fourth-order valence-corrected chi connectivity index (χ4v) is 4.54. The van der Waals surface area contributed by atoms with Crippen LogP contribution >= 0.6 is 11.3 Å². The lowest BCUT2D eigenvalue weighted by molar-refractivity contribution is 0.475. The zero-order chi connectivity index (χ0) is 19.5. The first-order valence-corrected chi connectivity index (χ1v) is 9.93. The van der Waals surface area contributed by atoms with E-state index in [1.165, 1.54) is 11.1 Å². The Morgan fingerprint density at radius 3 is 2.32 bits per heavy atom. The quantitative estimate of drug-likeness (QED) is 0.339. The molecule has 4 heteroatoms. The predicted octanol–water partition coefficient (Wildman–Crippen LogP) is 6.32. The molecule has 3 nitrogen and oxygen atoms in total. The molecule has 0 bridgehead atoms. The number of phenols is 2. The standard InChI is InChI=1S/C24H21NO2S/c1-2-3-16-4-8-18(9-5-16)25-15-22-21-13-12-20(27)14-23(21)28-24(22)17-6-10-19(26)11-7-17/h2,4-14,25-27H,1,3,15H2. The van der Waals surface area contributed by atoms with Crippen molar-refractivity contribution in [3.63, 3.8) is 0 Å². The molecule has 3 N–H and O–H groups in total. The van der Waals surface area contributed by atoms with Gasteiger partial charge in [0.2, 0.25) is 0 Å². The highest BCUT2D eigenvalue weighted by Gasteiger charge is 2.14. The lowest BCUT2D eigenvalue weighted by Gasteiger charge is -2.10. The Kier molecular flexibility index (Phi) is 5.04. The van der Waals surface area contributed by atoms with E-state index >= 15 is 0 Å². The van der Waals surface area contributed by atoms with Gasteiger partial charge in [0.1, 0.15) is 11.5 Å². The van der Waals surface area contributed by atoms with E-state index in [1.807, 2.05) is 24.3 Å². The molecule has 3 aromatic carbocycles. The van der Waals surface area contributed by atoms with Crippen molar-refractivity contribution in [2.45, 2.75) is 13.0 Å². The van der Waals surface area contributed by atoms with Crippen LogP contribution < -0.4 is 5.32 Å². The van der Waals surface area contributed by atoms with E-state index < -0.39 is 0 Å². The van der Waals surface area contributed by atoms with E-state index in [0.717, 1.165) is 32.6 Å². The maximum Gasteiger partial charge on any atom is 0.117 e. The highest BCUT2D eigenvalue weighted by Crippen LogP contribution is 2.40. The largest absolute Gasteiger partial charge is 0.508 e. The second kappa shape index (κ2) is 7.79. The van der Waals surface area contributed by atoms with Gasteiger partial charge in [-0.15, -0.1) is 17.9 Å². The highest BCUT2D eigenvalue weighted by molar-refractivity contribution is 7.22. The molecule has 0 unspecified atom stereocenters. The van der Waals surface area contributed by atoms with Gasteiger partial charge in [-0.25, -0.2) is 0 Å².